The van der Waals surface area contributed by atoms with E-state index in [1.165, 1.54) is 23.1 Å². The van der Waals surface area contributed by atoms with E-state index in [2.05, 4.69) is 10.3 Å². The Morgan fingerprint density at radius 1 is 1.03 bits per heavy atom. The number of aromatic nitrogens is 1. The number of carbonyl (C=O) groups excluding carboxylic acids is 2. The zero-order valence-electron chi connectivity index (χ0n) is 16.3. The van der Waals surface area contributed by atoms with Gasteiger partial charge < -0.3 is 4.74 Å². The summed E-state index contributed by atoms with van der Waals surface area (Å²) in [7, 11) is 0. The number of rotatable bonds is 5. The van der Waals surface area contributed by atoms with Crippen LogP contribution in [0, 0.1) is 10.1 Å². The third kappa shape index (κ3) is 4.35. The van der Waals surface area contributed by atoms with Gasteiger partial charge in [0.05, 0.1) is 10.6 Å². The molecule has 2 amide bonds. The van der Waals surface area contributed by atoms with Gasteiger partial charge in [-0.05, 0) is 48.1 Å². The van der Waals surface area contributed by atoms with E-state index in [1.54, 1.807) is 48.5 Å². The summed E-state index contributed by atoms with van der Waals surface area (Å²) in [4.78, 5) is 40.6. The van der Waals surface area contributed by atoms with Crippen molar-refractivity contribution in [2.45, 2.75) is 0 Å². The third-order valence-corrected chi connectivity index (χ3v) is 4.75. The SMILES string of the molecule is O=C1NC(=S)N(c2ccccc2)C(=O)/C1=C/c1ccc(Oc2ccc([N+](=O)[O-])cn2)cc1. The molecular weight excluding hydrogens is 432 g/mol. The maximum absolute atomic E-state index is 13.0. The van der Waals surface area contributed by atoms with Gasteiger partial charge in [0.15, 0.2) is 5.11 Å². The van der Waals surface area contributed by atoms with Crippen LogP contribution in [0.2, 0.25) is 0 Å². The quantitative estimate of drug-likeness (QED) is 0.209. The van der Waals surface area contributed by atoms with Crippen molar-refractivity contribution in [3.05, 3.63) is 94.2 Å². The van der Waals surface area contributed by atoms with Gasteiger partial charge in [-0.1, -0.05) is 30.3 Å². The van der Waals surface area contributed by atoms with E-state index in [9.17, 15) is 19.7 Å². The van der Waals surface area contributed by atoms with E-state index >= 15 is 0 Å². The Morgan fingerprint density at radius 3 is 2.38 bits per heavy atom. The van der Waals surface area contributed by atoms with E-state index in [-0.39, 0.29) is 22.3 Å². The van der Waals surface area contributed by atoms with Gasteiger partial charge in [0.2, 0.25) is 5.88 Å². The molecule has 32 heavy (non-hydrogen) atoms. The minimum atomic E-state index is -0.581. The lowest BCUT2D eigenvalue weighted by molar-refractivity contribution is -0.385. The Morgan fingerprint density at radius 2 is 1.75 bits per heavy atom. The first-order valence-electron chi connectivity index (χ1n) is 9.27. The highest BCUT2D eigenvalue weighted by atomic mass is 32.1. The number of nitrogens with one attached hydrogen (secondary N) is 1. The lowest BCUT2D eigenvalue weighted by Gasteiger charge is -2.28. The second kappa shape index (κ2) is 8.74. The summed E-state index contributed by atoms with van der Waals surface area (Å²) in [5, 5.41) is 13.2. The number of benzene rings is 2. The standard InChI is InChI=1S/C22H14N4O5S/c27-20-18(21(28)25(22(32)24-20)15-4-2-1-3-5-15)12-14-6-9-17(10-7-14)31-19-11-8-16(13-23-19)26(29)30/h1-13H,(H,24,27,32)/b18-12+. The zero-order chi connectivity index (χ0) is 22.7. The monoisotopic (exact) mass is 446 g/mol. The number of para-hydroxylation sites is 1. The van der Waals surface area contributed by atoms with Gasteiger partial charge in [0, 0.05) is 12.1 Å². The van der Waals surface area contributed by atoms with Crippen molar-refractivity contribution in [2.24, 2.45) is 0 Å². The summed E-state index contributed by atoms with van der Waals surface area (Å²) >= 11 is 5.17. The molecule has 9 nitrogen and oxygen atoms in total. The van der Waals surface area contributed by atoms with Crippen LogP contribution in [0.5, 0.6) is 11.6 Å². The van der Waals surface area contributed by atoms with Crippen LogP contribution in [-0.2, 0) is 9.59 Å². The number of hydrogen-bond acceptors (Lipinski definition) is 7. The zero-order valence-corrected chi connectivity index (χ0v) is 17.1. The lowest BCUT2D eigenvalue weighted by Crippen LogP contribution is -2.54. The molecule has 1 aliphatic heterocycles. The number of thiocarbonyl (C=S) groups is 1. The smallest absolute Gasteiger partial charge is 0.287 e. The van der Waals surface area contributed by atoms with Crippen molar-refractivity contribution in [1.29, 1.82) is 0 Å². The number of pyridine rings is 1. The predicted molar refractivity (Wildman–Crippen MR) is 120 cm³/mol. The van der Waals surface area contributed by atoms with Crippen LogP contribution < -0.4 is 15.0 Å². The first kappa shape index (κ1) is 20.8. The molecule has 1 N–H and O–H groups in total. The topological polar surface area (TPSA) is 115 Å². The maximum Gasteiger partial charge on any atom is 0.287 e. The molecule has 0 radical (unpaired) electrons. The molecule has 3 aromatic rings. The molecule has 1 aromatic heterocycles. The minimum absolute atomic E-state index is 0.0164. The van der Waals surface area contributed by atoms with Crippen LogP contribution >= 0.6 is 12.2 Å². The first-order valence-corrected chi connectivity index (χ1v) is 9.68. The second-order valence-electron chi connectivity index (χ2n) is 6.58. The van der Waals surface area contributed by atoms with Crippen LogP contribution in [-0.4, -0.2) is 26.8 Å². The molecule has 2 heterocycles. The van der Waals surface area contributed by atoms with Gasteiger partial charge in [0.1, 0.15) is 17.5 Å². The van der Waals surface area contributed by atoms with Crippen molar-refractivity contribution >= 4 is 46.6 Å². The fourth-order valence-electron chi connectivity index (χ4n) is 2.93. The van der Waals surface area contributed by atoms with Crippen molar-refractivity contribution in [2.75, 3.05) is 4.90 Å². The van der Waals surface area contributed by atoms with Gasteiger partial charge in [-0.25, -0.2) is 4.98 Å². The van der Waals surface area contributed by atoms with E-state index in [1.807, 2.05) is 6.07 Å². The van der Waals surface area contributed by atoms with Gasteiger partial charge >= 0.3 is 0 Å². The Bertz CT molecular complexity index is 1240. The molecule has 1 saturated heterocycles. The fraction of sp³-hybridized carbons (Fsp3) is 0. The molecule has 4 rings (SSSR count). The second-order valence-corrected chi connectivity index (χ2v) is 6.96. The number of amides is 2. The van der Waals surface area contributed by atoms with E-state index in [0.29, 0.717) is 17.0 Å². The van der Waals surface area contributed by atoms with E-state index in [4.69, 9.17) is 17.0 Å². The average Bonchev–Trinajstić information content (AvgIpc) is 2.79. The Balaban J connectivity index is 1.53. The summed E-state index contributed by atoms with van der Waals surface area (Å²) in [6.45, 7) is 0. The van der Waals surface area contributed by atoms with Crippen molar-refractivity contribution in [1.82, 2.24) is 10.3 Å². The number of hydrogen-bond donors (Lipinski definition) is 1. The summed E-state index contributed by atoms with van der Waals surface area (Å²) in [5.41, 5.74) is 0.938. The molecule has 1 fully saturated rings. The predicted octanol–water partition coefficient (Wildman–Crippen LogP) is 3.61. The number of nitro groups is 1. The largest absolute Gasteiger partial charge is 0.439 e. The number of anilines is 1. The van der Waals surface area contributed by atoms with Crippen LogP contribution in [0.25, 0.3) is 6.08 Å². The molecule has 158 valence electrons. The molecule has 0 unspecified atom stereocenters. The molecule has 0 bridgehead atoms. The summed E-state index contributed by atoms with van der Waals surface area (Å²) in [6, 6.07) is 18.0. The number of ether oxygens (including phenoxy) is 1. The average molecular weight is 446 g/mol. The molecular formula is C22H14N4O5S. The van der Waals surface area contributed by atoms with Crippen LogP contribution in [0.15, 0.2) is 78.5 Å². The highest BCUT2D eigenvalue weighted by molar-refractivity contribution is 7.80. The Kier molecular flexibility index (Phi) is 5.69. The summed E-state index contributed by atoms with van der Waals surface area (Å²) in [6.07, 6.45) is 2.56. The summed E-state index contributed by atoms with van der Waals surface area (Å²) in [5.74, 6) is -0.487. The Hall–Kier alpha value is -4.44. The normalized spacial score (nSPS) is 14.9. The van der Waals surface area contributed by atoms with Crippen molar-refractivity contribution in [3.8, 4) is 11.6 Å². The Labute approximate surface area is 187 Å². The third-order valence-electron chi connectivity index (χ3n) is 4.46. The highest BCUT2D eigenvalue weighted by Gasteiger charge is 2.34. The van der Waals surface area contributed by atoms with Gasteiger partial charge in [0.25, 0.3) is 17.5 Å². The lowest BCUT2D eigenvalue weighted by atomic mass is 10.1. The van der Waals surface area contributed by atoms with Gasteiger partial charge in [-0.15, -0.1) is 0 Å². The van der Waals surface area contributed by atoms with Gasteiger partial charge in [-0.3, -0.25) is 29.9 Å². The summed E-state index contributed by atoms with van der Waals surface area (Å²) < 4.78 is 5.56. The number of nitrogens with zero attached hydrogens (tertiary/aromatic N) is 3. The molecule has 0 atom stereocenters. The van der Waals surface area contributed by atoms with Crippen molar-refractivity contribution < 1.29 is 19.2 Å². The first-order chi connectivity index (χ1) is 15.4. The van der Waals surface area contributed by atoms with Gasteiger partial charge in [-0.2, -0.15) is 0 Å². The van der Waals surface area contributed by atoms with Crippen LogP contribution in [0.3, 0.4) is 0 Å². The van der Waals surface area contributed by atoms with Crippen LogP contribution in [0.4, 0.5) is 11.4 Å². The molecule has 0 spiro atoms. The fourth-order valence-corrected chi connectivity index (χ4v) is 3.21. The molecule has 0 aliphatic carbocycles. The number of carbonyl (C=O) groups is 2. The molecule has 0 saturated carbocycles. The van der Waals surface area contributed by atoms with Crippen LogP contribution in [0.1, 0.15) is 5.56 Å². The molecule has 1 aliphatic rings. The maximum atomic E-state index is 13.0. The van der Waals surface area contributed by atoms with E-state index < -0.39 is 16.7 Å². The van der Waals surface area contributed by atoms with E-state index in [0.717, 1.165) is 6.20 Å². The molecule has 10 heteroatoms. The highest BCUT2D eigenvalue weighted by Crippen LogP contribution is 2.24. The molecule has 2 aromatic carbocycles. The minimum Gasteiger partial charge on any atom is -0.439 e. The van der Waals surface area contributed by atoms with Crippen molar-refractivity contribution in [3.63, 3.8) is 0 Å².